The SMILES string of the molecule is O=C([O-])[C@@H](O)Cc1ccccc1. The highest BCUT2D eigenvalue weighted by Gasteiger charge is 2.04. The first-order valence-corrected chi connectivity index (χ1v) is 3.63. The van der Waals surface area contributed by atoms with Crippen LogP contribution in [0.25, 0.3) is 0 Å². The number of carbonyl (C=O) groups is 1. The zero-order valence-corrected chi connectivity index (χ0v) is 6.43. The van der Waals surface area contributed by atoms with Crippen LogP contribution in [0.15, 0.2) is 30.3 Å². The lowest BCUT2D eigenvalue weighted by molar-refractivity contribution is -0.314. The Labute approximate surface area is 70.3 Å². The van der Waals surface area contributed by atoms with Gasteiger partial charge in [-0.1, -0.05) is 30.3 Å². The van der Waals surface area contributed by atoms with Gasteiger partial charge in [-0.15, -0.1) is 0 Å². The minimum absolute atomic E-state index is 0.100. The zero-order valence-electron chi connectivity index (χ0n) is 6.43. The van der Waals surface area contributed by atoms with Crippen molar-refractivity contribution in [2.75, 3.05) is 0 Å². The Kier molecular flexibility index (Phi) is 2.82. The zero-order chi connectivity index (χ0) is 8.97. The number of carboxylic acids is 1. The van der Waals surface area contributed by atoms with E-state index < -0.39 is 12.1 Å². The highest BCUT2D eigenvalue weighted by Crippen LogP contribution is 2.01. The van der Waals surface area contributed by atoms with Crippen molar-refractivity contribution in [3.8, 4) is 0 Å². The van der Waals surface area contributed by atoms with Gasteiger partial charge in [0.1, 0.15) is 0 Å². The van der Waals surface area contributed by atoms with Crippen LogP contribution in [0.5, 0.6) is 0 Å². The molecule has 0 aliphatic carbocycles. The molecule has 0 unspecified atom stereocenters. The fourth-order valence-corrected chi connectivity index (χ4v) is 0.921. The molecular formula is C9H9O3-. The summed E-state index contributed by atoms with van der Waals surface area (Å²) < 4.78 is 0. The first-order chi connectivity index (χ1) is 5.70. The van der Waals surface area contributed by atoms with Crippen LogP contribution < -0.4 is 5.11 Å². The molecule has 0 spiro atoms. The molecule has 3 nitrogen and oxygen atoms in total. The Balaban J connectivity index is 2.58. The maximum Gasteiger partial charge on any atom is 0.0973 e. The van der Waals surface area contributed by atoms with E-state index >= 15 is 0 Å². The number of hydrogen-bond acceptors (Lipinski definition) is 3. The summed E-state index contributed by atoms with van der Waals surface area (Å²) in [6.07, 6.45) is -1.31. The maximum atomic E-state index is 10.1. The first-order valence-electron chi connectivity index (χ1n) is 3.63. The molecule has 1 rings (SSSR count). The van der Waals surface area contributed by atoms with Crippen LogP contribution in [0.3, 0.4) is 0 Å². The molecule has 0 saturated carbocycles. The lowest BCUT2D eigenvalue weighted by Crippen LogP contribution is -2.36. The normalized spacial score (nSPS) is 12.4. The quantitative estimate of drug-likeness (QED) is 0.646. The topological polar surface area (TPSA) is 60.4 Å². The predicted molar refractivity (Wildman–Crippen MR) is 41.2 cm³/mol. The van der Waals surface area contributed by atoms with E-state index in [4.69, 9.17) is 5.11 Å². The predicted octanol–water partition coefficient (Wildman–Crippen LogP) is -0.660. The lowest BCUT2D eigenvalue weighted by atomic mass is 10.1. The van der Waals surface area contributed by atoms with E-state index in [1.54, 1.807) is 24.3 Å². The van der Waals surface area contributed by atoms with Gasteiger partial charge in [-0.2, -0.15) is 0 Å². The molecule has 64 valence electrons. The third kappa shape index (κ3) is 2.36. The van der Waals surface area contributed by atoms with Gasteiger partial charge in [-0.25, -0.2) is 0 Å². The standard InChI is InChI=1S/C9H10O3/c10-8(9(11)12)6-7-4-2-1-3-5-7/h1-5,8,10H,6H2,(H,11,12)/p-1/t8-/m0/s1. The van der Waals surface area contributed by atoms with E-state index in [9.17, 15) is 9.90 Å². The molecule has 0 bridgehead atoms. The molecule has 0 heterocycles. The van der Waals surface area contributed by atoms with Crippen molar-refractivity contribution in [1.29, 1.82) is 0 Å². The molecule has 0 aliphatic heterocycles. The number of aliphatic carboxylic acids is 1. The van der Waals surface area contributed by atoms with E-state index in [1.165, 1.54) is 0 Å². The monoisotopic (exact) mass is 165 g/mol. The summed E-state index contributed by atoms with van der Waals surface area (Å²) in [5.41, 5.74) is 0.786. The van der Waals surface area contributed by atoms with Crippen molar-refractivity contribution < 1.29 is 15.0 Å². The van der Waals surface area contributed by atoms with Crippen LogP contribution in [-0.2, 0) is 11.2 Å². The average Bonchev–Trinajstić information content (AvgIpc) is 2.06. The fraction of sp³-hybridized carbons (Fsp3) is 0.222. The molecule has 1 aromatic carbocycles. The Bertz CT molecular complexity index is 256. The van der Waals surface area contributed by atoms with E-state index in [0.717, 1.165) is 5.56 Å². The second kappa shape index (κ2) is 3.88. The van der Waals surface area contributed by atoms with Gasteiger partial charge < -0.3 is 15.0 Å². The molecule has 1 aromatic rings. The molecule has 0 amide bonds. The number of hydrogen-bond donors (Lipinski definition) is 1. The van der Waals surface area contributed by atoms with Gasteiger partial charge in [0.15, 0.2) is 0 Å². The Morgan fingerprint density at radius 3 is 2.50 bits per heavy atom. The third-order valence-electron chi connectivity index (χ3n) is 1.54. The first kappa shape index (κ1) is 8.74. The lowest BCUT2D eigenvalue weighted by Gasteiger charge is -2.10. The summed E-state index contributed by atoms with van der Waals surface area (Å²) in [5.74, 6) is -1.43. The van der Waals surface area contributed by atoms with E-state index in [-0.39, 0.29) is 6.42 Å². The summed E-state index contributed by atoms with van der Waals surface area (Å²) >= 11 is 0. The Morgan fingerprint density at radius 1 is 1.42 bits per heavy atom. The highest BCUT2D eigenvalue weighted by atomic mass is 16.4. The maximum absolute atomic E-state index is 10.1. The molecule has 3 heteroatoms. The minimum Gasteiger partial charge on any atom is -0.547 e. The number of aliphatic hydroxyl groups excluding tert-OH is 1. The molecule has 0 saturated heterocycles. The molecule has 0 aliphatic rings. The van der Waals surface area contributed by atoms with Crippen LogP contribution >= 0.6 is 0 Å². The molecule has 0 aromatic heterocycles. The van der Waals surface area contributed by atoms with Gasteiger partial charge in [0.2, 0.25) is 0 Å². The second-order valence-corrected chi connectivity index (χ2v) is 2.52. The van der Waals surface area contributed by atoms with Gasteiger partial charge in [0.05, 0.1) is 12.1 Å². The van der Waals surface area contributed by atoms with Gasteiger partial charge in [0.25, 0.3) is 0 Å². The molecule has 1 atom stereocenters. The number of benzene rings is 1. The van der Waals surface area contributed by atoms with Crippen molar-refractivity contribution in [1.82, 2.24) is 0 Å². The molecule has 1 N–H and O–H groups in total. The van der Waals surface area contributed by atoms with E-state index in [2.05, 4.69) is 0 Å². The van der Waals surface area contributed by atoms with Crippen LogP contribution in [0.2, 0.25) is 0 Å². The highest BCUT2D eigenvalue weighted by molar-refractivity contribution is 5.70. The minimum atomic E-state index is -1.43. The van der Waals surface area contributed by atoms with E-state index in [0.29, 0.717) is 0 Å². The smallest absolute Gasteiger partial charge is 0.0973 e. The summed E-state index contributed by atoms with van der Waals surface area (Å²) in [7, 11) is 0. The van der Waals surface area contributed by atoms with Gasteiger partial charge in [-0.05, 0) is 5.56 Å². The summed E-state index contributed by atoms with van der Waals surface area (Å²) in [6.45, 7) is 0. The van der Waals surface area contributed by atoms with Crippen molar-refractivity contribution >= 4 is 5.97 Å². The summed E-state index contributed by atoms with van der Waals surface area (Å²) in [5, 5.41) is 19.1. The molecule has 0 radical (unpaired) electrons. The number of aliphatic hydroxyl groups is 1. The Hall–Kier alpha value is -1.35. The summed E-state index contributed by atoms with van der Waals surface area (Å²) in [4.78, 5) is 10.1. The Morgan fingerprint density at radius 2 is 2.00 bits per heavy atom. The van der Waals surface area contributed by atoms with Crippen molar-refractivity contribution in [3.05, 3.63) is 35.9 Å². The number of carbonyl (C=O) groups excluding carboxylic acids is 1. The van der Waals surface area contributed by atoms with Gasteiger partial charge in [0, 0.05) is 6.42 Å². The van der Waals surface area contributed by atoms with Crippen molar-refractivity contribution in [2.24, 2.45) is 0 Å². The van der Waals surface area contributed by atoms with Crippen molar-refractivity contribution in [3.63, 3.8) is 0 Å². The van der Waals surface area contributed by atoms with Crippen LogP contribution in [0, 0.1) is 0 Å². The van der Waals surface area contributed by atoms with Crippen LogP contribution in [0.4, 0.5) is 0 Å². The molecular weight excluding hydrogens is 156 g/mol. The van der Waals surface area contributed by atoms with E-state index in [1.807, 2.05) is 6.07 Å². The third-order valence-corrected chi connectivity index (χ3v) is 1.54. The van der Waals surface area contributed by atoms with Crippen LogP contribution in [-0.4, -0.2) is 17.2 Å². The van der Waals surface area contributed by atoms with Crippen molar-refractivity contribution in [2.45, 2.75) is 12.5 Å². The van der Waals surface area contributed by atoms with Crippen LogP contribution in [0.1, 0.15) is 5.56 Å². The average molecular weight is 165 g/mol. The van der Waals surface area contributed by atoms with Gasteiger partial charge >= 0.3 is 0 Å². The number of rotatable bonds is 3. The summed E-state index contributed by atoms with van der Waals surface area (Å²) in [6, 6.07) is 8.92. The number of carboxylic acid groups (broad SMARTS) is 1. The second-order valence-electron chi connectivity index (χ2n) is 2.52. The van der Waals surface area contributed by atoms with Gasteiger partial charge in [-0.3, -0.25) is 0 Å². The molecule has 12 heavy (non-hydrogen) atoms. The largest absolute Gasteiger partial charge is 0.547 e. The molecule has 0 fully saturated rings. The fourth-order valence-electron chi connectivity index (χ4n) is 0.921.